The molecule has 30 heavy (non-hydrogen) atoms. The lowest BCUT2D eigenvalue weighted by Crippen LogP contribution is -2.34. The molecule has 1 heterocycles. The Balaban J connectivity index is 1.58. The molecule has 0 aliphatic heterocycles. The Morgan fingerprint density at radius 2 is 1.93 bits per heavy atom. The Labute approximate surface area is 185 Å². The van der Waals surface area contributed by atoms with Crippen LogP contribution in [0.5, 0.6) is 11.5 Å². The van der Waals surface area contributed by atoms with E-state index in [1.807, 2.05) is 35.7 Å². The van der Waals surface area contributed by atoms with Gasteiger partial charge in [-0.25, -0.2) is 4.98 Å². The molecule has 1 amide bonds. The molecule has 0 unspecified atom stereocenters. The van der Waals surface area contributed by atoms with Crippen LogP contribution in [0.4, 0.5) is 5.13 Å². The first-order valence-electron chi connectivity index (χ1n) is 9.39. The summed E-state index contributed by atoms with van der Waals surface area (Å²) in [6, 6.07) is 14.7. The highest BCUT2D eigenvalue weighted by Gasteiger charge is 2.11. The van der Waals surface area contributed by atoms with Crippen LogP contribution in [-0.4, -0.2) is 29.7 Å². The van der Waals surface area contributed by atoms with Crippen LogP contribution in [0.2, 0.25) is 0 Å². The number of anilines is 1. The summed E-state index contributed by atoms with van der Waals surface area (Å²) >= 11 is 6.67. The van der Waals surface area contributed by atoms with Crippen molar-refractivity contribution in [3.05, 3.63) is 59.5 Å². The third-order valence-corrected chi connectivity index (χ3v) is 4.98. The molecule has 0 saturated carbocycles. The number of amides is 1. The summed E-state index contributed by atoms with van der Waals surface area (Å²) in [6.45, 7) is 4.73. The van der Waals surface area contributed by atoms with E-state index < -0.39 is 0 Å². The van der Waals surface area contributed by atoms with E-state index in [1.54, 1.807) is 25.3 Å². The smallest absolute Gasteiger partial charge is 0.257 e. The zero-order chi connectivity index (χ0) is 21.5. The summed E-state index contributed by atoms with van der Waals surface area (Å²) in [5.74, 6) is 1.53. The van der Waals surface area contributed by atoms with E-state index in [2.05, 4.69) is 29.5 Å². The van der Waals surface area contributed by atoms with Gasteiger partial charge < -0.3 is 14.8 Å². The Hall–Kier alpha value is -2.97. The Kier molecular flexibility index (Phi) is 7.37. The van der Waals surface area contributed by atoms with E-state index in [1.165, 1.54) is 11.3 Å². The summed E-state index contributed by atoms with van der Waals surface area (Å²) in [5.41, 5.74) is 2.25. The van der Waals surface area contributed by atoms with Crippen molar-refractivity contribution in [3.8, 4) is 22.8 Å². The van der Waals surface area contributed by atoms with E-state index in [0.717, 1.165) is 17.0 Å². The predicted molar refractivity (Wildman–Crippen MR) is 125 cm³/mol. The highest BCUT2D eigenvalue weighted by atomic mass is 32.1. The second-order valence-corrected chi connectivity index (χ2v) is 8.17. The molecule has 8 heteroatoms. The molecular formula is C22H23N3O3S2. The summed E-state index contributed by atoms with van der Waals surface area (Å²) in [7, 11) is 1.63. The molecule has 0 aliphatic rings. The summed E-state index contributed by atoms with van der Waals surface area (Å²) < 4.78 is 10.8. The molecular weight excluding hydrogens is 418 g/mol. The minimum Gasteiger partial charge on any atom is -0.497 e. The number of carbonyl (C=O) groups excluding carboxylic acids is 1. The lowest BCUT2D eigenvalue weighted by molar-refractivity contribution is 0.0977. The van der Waals surface area contributed by atoms with Crippen molar-refractivity contribution in [1.82, 2.24) is 10.3 Å². The maximum Gasteiger partial charge on any atom is 0.257 e. The molecule has 0 atom stereocenters. The molecule has 0 fully saturated rings. The number of ether oxygens (including phenoxy) is 2. The molecule has 3 aromatic rings. The molecule has 1 aromatic heterocycles. The van der Waals surface area contributed by atoms with Gasteiger partial charge in [0.25, 0.3) is 5.91 Å². The molecule has 156 valence electrons. The van der Waals surface area contributed by atoms with Crippen molar-refractivity contribution in [2.75, 3.05) is 19.0 Å². The predicted octanol–water partition coefficient (Wildman–Crippen LogP) is 4.98. The fourth-order valence-corrected chi connectivity index (χ4v) is 3.50. The Morgan fingerprint density at radius 3 is 2.63 bits per heavy atom. The van der Waals surface area contributed by atoms with Gasteiger partial charge in [0.2, 0.25) is 0 Å². The largest absolute Gasteiger partial charge is 0.497 e. The van der Waals surface area contributed by atoms with E-state index in [9.17, 15) is 4.79 Å². The number of carbonyl (C=O) groups is 1. The van der Waals surface area contributed by atoms with E-state index in [-0.39, 0.29) is 11.0 Å². The highest BCUT2D eigenvalue weighted by Crippen LogP contribution is 2.26. The van der Waals surface area contributed by atoms with E-state index in [4.69, 9.17) is 21.7 Å². The number of rotatable bonds is 7. The van der Waals surface area contributed by atoms with Gasteiger partial charge in [-0.15, -0.1) is 11.3 Å². The van der Waals surface area contributed by atoms with Crippen LogP contribution >= 0.6 is 23.6 Å². The van der Waals surface area contributed by atoms with Crippen LogP contribution in [0.25, 0.3) is 11.3 Å². The number of hydrogen-bond donors (Lipinski definition) is 2. The van der Waals surface area contributed by atoms with Gasteiger partial charge in [-0.1, -0.05) is 19.9 Å². The van der Waals surface area contributed by atoms with Gasteiger partial charge in [0.15, 0.2) is 10.2 Å². The number of nitrogens with zero attached hydrogens (tertiary/aromatic N) is 1. The van der Waals surface area contributed by atoms with E-state index in [0.29, 0.717) is 29.0 Å². The van der Waals surface area contributed by atoms with Crippen molar-refractivity contribution in [2.45, 2.75) is 13.8 Å². The van der Waals surface area contributed by atoms with Crippen LogP contribution in [0, 0.1) is 5.92 Å². The first kappa shape index (κ1) is 21.7. The topological polar surface area (TPSA) is 72.5 Å². The van der Waals surface area contributed by atoms with Crippen LogP contribution < -0.4 is 20.1 Å². The number of methoxy groups -OCH3 is 1. The van der Waals surface area contributed by atoms with Gasteiger partial charge in [-0.2, -0.15) is 0 Å². The standard InChI is InChI=1S/C22H23N3O3S2/c1-14(2)12-28-18-6-4-5-16(11-18)20(26)24-21(29)25-22-23-19(13-30-22)15-7-9-17(27-3)10-8-15/h4-11,13-14H,12H2,1-3H3,(H2,23,24,25,26,29). The fourth-order valence-electron chi connectivity index (χ4n) is 2.52. The summed E-state index contributed by atoms with van der Waals surface area (Å²) in [4.78, 5) is 17.0. The van der Waals surface area contributed by atoms with Gasteiger partial charge in [-0.3, -0.25) is 10.1 Å². The molecule has 0 saturated heterocycles. The summed E-state index contributed by atoms with van der Waals surface area (Å²) in [5, 5.41) is 8.34. The van der Waals surface area contributed by atoms with Gasteiger partial charge in [0, 0.05) is 16.5 Å². The minimum atomic E-state index is -0.311. The maximum absolute atomic E-state index is 12.5. The quantitative estimate of drug-likeness (QED) is 0.504. The number of nitrogens with one attached hydrogen (secondary N) is 2. The van der Waals surface area contributed by atoms with Crippen LogP contribution in [0.3, 0.4) is 0 Å². The number of thiazole rings is 1. The zero-order valence-electron chi connectivity index (χ0n) is 17.0. The third-order valence-electron chi connectivity index (χ3n) is 4.02. The van der Waals surface area contributed by atoms with Crippen molar-refractivity contribution in [2.24, 2.45) is 5.92 Å². The van der Waals surface area contributed by atoms with Gasteiger partial charge in [0.1, 0.15) is 11.5 Å². The van der Waals surface area contributed by atoms with Gasteiger partial charge >= 0.3 is 0 Å². The third kappa shape index (κ3) is 6.01. The van der Waals surface area contributed by atoms with Crippen molar-refractivity contribution in [3.63, 3.8) is 0 Å². The SMILES string of the molecule is COc1ccc(-c2csc(NC(=S)NC(=O)c3cccc(OCC(C)C)c3)n2)cc1. The van der Waals surface area contributed by atoms with Crippen LogP contribution in [0.15, 0.2) is 53.9 Å². The Bertz CT molecular complexity index is 1020. The fraction of sp³-hybridized carbons (Fsp3) is 0.227. The lowest BCUT2D eigenvalue weighted by Gasteiger charge is -2.11. The maximum atomic E-state index is 12.5. The number of aromatic nitrogens is 1. The molecule has 0 bridgehead atoms. The molecule has 3 rings (SSSR count). The second kappa shape index (κ2) is 10.2. The number of thiocarbonyl (C=S) groups is 1. The van der Waals surface area contributed by atoms with Gasteiger partial charge in [-0.05, 0) is 60.6 Å². The molecule has 0 radical (unpaired) electrons. The average Bonchev–Trinajstić information content (AvgIpc) is 3.20. The number of hydrogen-bond acceptors (Lipinski definition) is 6. The van der Waals surface area contributed by atoms with Crippen molar-refractivity contribution >= 4 is 39.7 Å². The lowest BCUT2D eigenvalue weighted by atomic mass is 10.2. The number of benzene rings is 2. The van der Waals surface area contributed by atoms with Crippen LogP contribution in [-0.2, 0) is 0 Å². The molecule has 6 nitrogen and oxygen atoms in total. The first-order valence-corrected chi connectivity index (χ1v) is 10.7. The first-order chi connectivity index (χ1) is 14.4. The van der Waals surface area contributed by atoms with E-state index >= 15 is 0 Å². The van der Waals surface area contributed by atoms with Crippen molar-refractivity contribution in [1.29, 1.82) is 0 Å². The molecule has 0 spiro atoms. The normalized spacial score (nSPS) is 10.5. The monoisotopic (exact) mass is 441 g/mol. The minimum absolute atomic E-state index is 0.184. The highest BCUT2D eigenvalue weighted by molar-refractivity contribution is 7.80. The van der Waals surface area contributed by atoms with Gasteiger partial charge in [0.05, 0.1) is 19.4 Å². The van der Waals surface area contributed by atoms with Crippen LogP contribution in [0.1, 0.15) is 24.2 Å². The average molecular weight is 442 g/mol. The summed E-state index contributed by atoms with van der Waals surface area (Å²) in [6.07, 6.45) is 0. The molecule has 0 aliphatic carbocycles. The zero-order valence-corrected chi connectivity index (χ0v) is 18.6. The Morgan fingerprint density at radius 1 is 1.17 bits per heavy atom. The van der Waals surface area contributed by atoms with Crippen molar-refractivity contribution < 1.29 is 14.3 Å². The second-order valence-electron chi connectivity index (χ2n) is 6.91. The molecule has 2 aromatic carbocycles. The molecule has 2 N–H and O–H groups in total.